The van der Waals surface area contributed by atoms with Crippen LogP contribution in [0.2, 0.25) is 0 Å². The Morgan fingerprint density at radius 1 is 1.11 bits per heavy atom. The smallest absolute Gasteiger partial charge is 0.350 e. The first-order chi connectivity index (χ1) is 21.3. The predicted molar refractivity (Wildman–Crippen MR) is 169 cm³/mol. The lowest BCUT2D eigenvalue weighted by atomic mass is 10.0. The van der Waals surface area contributed by atoms with E-state index in [-0.39, 0.29) is 45.8 Å². The molecule has 12 heteroatoms. The van der Waals surface area contributed by atoms with Crippen LogP contribution in [0.15, 0.2) is 54.0 Å². The number of amides is 2. The number of carbonyl (C=O) groups is 2. The zero-order valence-electron chi connectivity index (χ0n) is 26.1. The van der Waals surface area contributed by atoms with Crippen molar-refractivity contribution in [1.82, 2.24) is 29.3 Å². The fourth-order valence-corrected chi connectivity index (χ4v) is 5.77. The Morgan fingerprint density at radius 3 is 2.49 bits per heavy atom. The van der Waals surface area contributed by atoms with E-state index in [0.717, 1.165) is 6.07 Å². The van der Waals surface area contributed by atoms with E-state index >= 15 is 8.78 Å². The van der Waals surface area contributed by atoms with E-state index < -0.39 is 28.9 Å². The molecule has 2 amide bonds. The Balaban J connectivity index is 1.86. The Hall–Kier alpha value is -5.00. The van der Waals surface area contributed by atoms with Crippen molar-refractivity contribution in [3.05, 3.63) is 88.1 Å². The quantitative estimate of drug-likeness (QED) is 0.295. The second-order valence-electron chi connectivity index (χ2n) is 11.7. The SMILES string of the molecule is C=CC(=O)N1CCN(c2nc(=O)n(-c3c(C)ccnc3C(C)C)c3nc(-c4c(F)cccc4C(=O)N(C)C)c(F)cc23)[C@@H](C)C1. The zero-order chi connectivity index (χ0) is 32.7. The molecule has 1 saturated heterocycles. The third-order valence-corrected chi connectivity index (χ3v) is 8.00. The number of benzene rings is 1. The van der Waals surface area contributed by atoms with Crippen LogP contribution in [0.1, 0.15) is 48.3 Å². The van der Waals surface area contributed by atoms with Crippen molar-refractivity contribution < 1.29 is 18.4 Å². The number of hydrogen-bond donors (Lipinski definition) is 0. The standard InChI is InChI=1S/C33H35F2N7O3/c1-8-25(43)40-14-15-41(20(5)17-40)30-22-16-24(35)28(26-21(32(44)39(6)7)10-9-11-23(26)34)37-31(22)42(33(45)38-30)29-19(4)12-13-36-27(29)18(2)3/h8-13,16,18,20H,1,14-15,17H2,2-7H3/t20-/m0/s1. The average Bonchev–Trinajstić information content (AvgIpc) is 3.00. The molecule has 1 atom stereocenters. The van der Waals surface area contributed by atoms with Gasteiger partial charge in [-0.05, 0) is 55.7 Å². The summed E-state index contributed by atoms with van der Waals surface area (Å²) in [5.74, 6) is -2.40. The highest BCUT2D eigenvalue weighted by Crippen LogP contribution is 2.35. The number of nitrogens with zero attached hydrogens (tertiary/aromatic N) is 7. The van der Waals surface area contributed by atoms with Crippen molar-refractivity contribution in [2.24, 2.45) is 0 Å². The number of aryl methyl sites for hydroxylation is 1. The molecule has 0 radical (unpaired) electrons. The van der Waals surface area contributed by atoms with E-state index in [4.69, 9.17) is 0 Å². The number of halogens is 2. The summed E-state index contributed by atoms with van der Waals surface area (Å²) >= 11 is 0. The molecule has 234 valence electrons. The molecular formula is C33H35F2N7O3. The maximum atomic E-state index is 16.2. The van der Waals surface area contributed by atoms with Gasteiger partial charge in [0.2, 0.25) is 5.91 Å². The van der Waals surface area contributed by atoms with Crippen LogP contribution in [0, 0.1) is 18.6 Å². The van der Waals surface area contributed by atoms with Gasteiger partial charge in [-0.25, -0.2) is 23.1 Å². The van der Waals surface area contributed by atoms with Crippen LogP contribution in [0.5, 0.6) is 0 Å². The first-order valence-electron chi connectivity index (χ1n) is 14.6. The van der Waals surface area contributed by atoms with Gasteiger partial charge in [-0.1, -0.05) is 26.5 Å². The van der Waals surface area contributed by atoms with Crippen LogP contribution in [0.3, 0.4) is 0 Å². The monoisotopic (exact) mass is 615 g/mol. The Labute approximate surface area is 259 Å². The number of rotatable bonds is 6. The molecule has 5 rings (SSSR count). The van der Waals surface area contributed by atoms with Crippen LogP contribution in [-0.4, -0.2) is 80.9 Å². The highest BCUT2D eigenvalue weighted by Gasteiger charge is 2.31. The number of aromatic nitrogens is 4. The van der Waals surface area contributed by atoms with E-state index in [0.29, 0.717) is 36.6 Å². The molecule has 4 aromatic rings. The molecule has 1 aliphatic heterocycles. The lowest BCUT2D eigenvalue weighted by Crippen LogP contribution is -2.54. The topological polar surface area (TPSA) is 105 Å². The molecule has 10 nitrogen and oxygen atoms in total. The predicted octanol–water partition coefficient (Wildman–Crippen LogP) is 4.48. The summed E-state index contributed by atoms with van der Waals surface area (Å²) in [6, 6.07) is 6.55. The van der Waals surface area contributed by atoms with E-state index in [2.05, 4.69) is 21.5 Å². The minimum Gasteiger partial charge on any atom is -0.350 e. The van der Waals surface area contributed by atoms with Crippen LogP contribution in [0.25, 0.3) is 28.0 Å². The molecule has 1 aliphatic rings. The molecule has 0 spiro atoms. The molecular weight excluding hydrogens is 580 g/mol. The molecule has 45 heavy (non-hydrogen) atoms. The van der Waals surface area contributed by atoms with Gasteiger partial charge < -0.3 is 14.7 Å². The number of anilines is 1. The van der Waals surface area contributed by atoms with Crippen molar-refractivity contribution in [2.45, 2.75) is 39.7 Å². The highest BCUT2D eigenvalue weighted by molar-refractivity contribution is 6.01. The van der Waals surface area contributed by atoms with Crippen molar-refractivity contribution in [1.29, 1.82) is 0 Å². The summed E-state index contributed by atoms with van der Waals surface area (Å²) in [5, 5.41) is 0.209. The van der Waals surface area contributed by atoms with Gasteiger partial charge >= 0.3 is 5.69 Å². The Morgan fingerprint density at radius 2 is 1.84 bits per heavy atom. The first-order valence-corrected chi connectivity index (χ1v) is 14.6. The summed E-state index contributed by atoms with van der Waals surface area (Å²) in [6.45, 7) is 12.1. The summed E-state index contributed by atoms with van der Waals surface area (Å²) in [5.41, 5.74) is 0.282. The van der Waals surface area contributed by atoms with Crippen molar-refractivity contribution in [3.8, 4) is 16.9 Å². The molecule has 0 N–H and O–H groups in total. The van der Waals surface area contributed by atoms with Gasteiger partial charge in [0.1, 0.15) is 17.3 Å². The molecule has 1 aromatic carbocycles. The molecule has 4 heterocycles. The number of fused-ring (bicyclic) bond motifs is 1. The normalized spacial score (nSPS) is 15.1. The van der Waals surface area contributed by atoms with Gasteiger partial charge in [0.25, 0.3) is 5.91 Å². The minimum absolute atomic E-state index is 0.0303. The van der Waals surface area contributed by atoms with Crippen LogP contribution < -0.4 is 10.6 Å². The molecule has 0 unspecified atom stereocenters. The second kappa shape index (κ2) is 12.2. The highest BCUT2D eigenvalue weighted by atomic mass is 19.1. The third-order valence-electron chi connectivity index (χ3n) is 8.00. The summed E-state index contributed by atoms with van der Waals surface area (Å²) in [6.07, 6.45) is 2.89. The molecule has 0 bridgehead atoms. The van der Waals surface area contributed by atoms with Crippen LogP contribution >= 0.6 is 0 Å². The first kappa shape index (κ1) is 31.4. The molecule has 3 aromatic heterocycles. The van der Waals surface area contributed by atoms with Crippen molar-refractivity contribution in [3.63, 3.8) is 0 Å². The minimum atomic E-state index is -0.895. The molecule has 1 fully saturated rings. The average molecular weight is 616 g/mol. The van der Waals surface area contributed by atoms with Crippen LogP contribution in [0.4, 0.5) is 14.6 Å². The summed E-state index contributed by atoms with van der Waals surface area (Å²) < 4.78 is 33.0. The van der Waals surface area contributed by atoms with E-state index in [1.54, 1.807) is 17.2 Å². The van der Waals surface area contributed by atoms with Crippen LogP contribution in [-0.2, 0) is 4.79 Å². The second-order valence-corrected chi connectivity index (χ2v) is 11.7. The zero-order valence-corrected chi connectivity index (χ0v) is 26.1. The van der Waals surface area contributed by atoms with E-state index in [9.17, 15) is 14.4 Å². The molecule has 0 saturated carbocycles. The Kier molecular flexibility index (Phi) is 8.51. The fraction of sp³-hybridized carbons (Fsp3) is 0.333. The number of hydrogen-bond acceptors (Lipinski definition) is 7. The summed E-state index contributed by atoms with van der Waals surface area (Å²) in [4.78, 5) is 57.8. The lowest BCUT2D eigenvalue weighted by Gasteiger charge is -2.40. The largest absolute Gasteiger partial charge is 0.355 e. The maximum absolute atomic E-state index is 16.2. The van der Waals surface area contributed by atoms with E-state index in [1.807, 2.05) is 32.6 Å². The van der Waals surface area contributed by atoms with Gasteiger partial charge in [-0.2, -0.15) is 4.98 Å². The van der Waals surface area contributed by atoms with Gasteiger partial charge in [-0.15, -0.1) is 0 Å². The Bertz CT molecular complexity index is 1900. The number of carbonyl (C=O) groups excluding carboxylic acids is 2. The van der Waals surface area contributed by atoms with Crippen molar-refractivity contribution in [2.75, 3.05) is 38.6 Å². The van der Waals surface area contributed by atoms with E-state index in [1.165, 1.54) is 47.8 Å². The number of pyridine rings is 2. The van der Waals surface area contributed by atoms with Gasteiger partial charge in [0.15, 0.2) is 11.5 Å². The van der Waals surface area contributed by atoms with Crippen molar-refractivity contribution >= 4 is 28.7 Å². The fourth-order valence-electron chi connectivity index (χ4n) is 5.77. The van der Waals surface area contributed by atoms with Gasteiger partial charge in [-0.3, -0.25) is 14.6 Å². The number of piperazine rings is 1. The van der Waals surface area contributed by atoms with Gasteiger partial charge in [0, 0.05) is 46.0 Å². The third kappa shape index (κ3) is 5.56. The van der Waals surface area contributed by atoms with Gasteiger partial charge in [0.05, 0.1) is 27.9 Å². The molecule has 0 aliphatic carbocycles. The lowest BCUT2D eigenvalue weighted by molar-refractivity contribution is -0.126. The maximum Gasteiger partial charge on any atom is 0.355 e. The summed E-state index contributed by atoms with van der Waals surface area (Å²) in [7, 11) is 3.03.